The van der Waals surface area contributed by atoms with Gasteiger partial charge >= 0.3 is 0 Å². The minimum Gasteiger partial charge on any atom is -0.493 e. The van der Waals surface area contributed by atoms with Gasteiger partial charge in [0.15, 0.2) is 5.75 Å². The van der Waals surface area contributed by atoms with Crippen molar-refractivity contribution >= 4 is 30.1 Å². The molecule has 0 atom stereocenters. The van der Waals surface area contributed by atoms with Crippen molar-refractivity contribution in [2.75, 3.05) is 7.11 Å². The summed E-state index contributed by atoms with van der Waals surface area (Å²) in [6.45, 7) is 23.8. The van der Waals surface area contributed by atoms with Crippen LogP contribution >= 0.6 is 0 Å². The SMILES string of the molecule is COc1c2nc(cc3cc(-c4cn(Cc5ccccc5)nn4)c(cc4nc(cc5cc(C#C[Si](C(C)C)(C(C)C)C(C)C)c1[nH]5)C(C)(C)C4)[nH]3)C(C)(C)C2. The van der Waals surface area contributed by atoms with Gasteiger partial charge in [-0.1, -0.05) is 111 Å². The van der Waals surface area contributed by atoms with Crippen molar-refractivity contribution in [3.8, 4) is 28.5 Å². The first kappa shape index (κ1) is 37.4. The minimum absolute atomic E-state index is 0.177. The molecule has 8 nitrogen and oxygen atoms in total. The smallest absolute Gasteiger partial charge is 0.165 e. The van der Waals surface area contributed by atoms with Gasteiger partial charge in [0.1, 0.15) is 13.8 Å². The molecule has 0 fully saturated rings. The average Bonchev–Trinajstić information content (AvgIpc) is 3.91. The van der Waals surface area contributed by atoms with E-state index in [1.807, 2.05) is 29.1 Å². The molecule has 2 aliphatic rings. The van der Waals surface area contributed by atoms with E-state index in [9.17, 15) is 0 Å². The third-order valence-corrected chi connectivity index (χ3v) is 18.0. The summed E-state index contributed by atoms with van der Waals surface area (Å²) < 4.78 is 8.17. The van der Waals surface area contributed by atoms with Gasteiger partial charge < -0.3 is 14.7 Å². The van der Waals surface area contributed by atoms with Gasteiger partial charge in [0.05, 0.1) is 36.6 Å². The summed E-state index contributed by atoms with van der Waals surface area (Å²) in [4.78, 5) is 18.0. The second-order valence-electron chi connectivity index (χ2n) is 17.5. The van der Waals surface area contributed by atoms with Gasteiger partial charge in [-0.25, -0.2) is 4.68 Å². The lowest BCUT2D eigenvalue weighted by Gasteiger charge is -2.38. The standard InChI is InChI=1S/C45H55N7OSi/c1-28(2)54(29(3)4,30(5)6)18-17-32-19-33-22-40-44(7,8)24-35(47-40)21-37-36(39-27-52(51-50-39)26-31-15-13-12-14-16-31)20-34(46-37)23-41-45(9,10)25-38(49-41)43(53-11)42(32)48-33/h12-16,19-23,27-30,46,48H,24-26H2,1-11H3. The van der Waals surface area contributed by atoms with E-state index in [2.05, 4.69) is 143 Å². The molecule has 2 N–H and O–H groups in total. The number of hydrogen-bond donors (Lipinski definition) is 2. The third kappa shape index (κ3) is 6.93. The Kier molecular flexibility index (Phi) is 9.72. The highest BCUT2D eigenvalue weighted by Crippen LogP contribution is 2.42. The van der Waals surface area contributed by atoms with Gasteiger partial charge in [-0.05, 0) is 52.5 Å². The van der Waals surface area contributed by atoms with Crippen molar-refractivity contribution in [1.29, 1.82) is 0 Å². The summed E-state index contributed by atoms with van der Waals surface area (Å²) in [5.41, 5.74) is 16.7. The molecular weight excluding hydrogens is 683 g/mol. The Bertz CT molecular complexity index is 2400. The molecule has 2 aliphatic heterocycles. The zero-order chi connectivity index (χ0) is 38.6. The fourth-order valence-corrected chi connectivity index (χ4v) is 14.1. The van der Waals surface area contributed by atoms with Crippen LogP contribution in [0.4, 0.5) is 0 Å². The van der Waals surface area contributed by atoms with Crippen molar-refractivity contribution < 1.29 is 4.74 Å². The number of nitrogens with zero attached hydrogens (tertiary/aromatic N) is 5. The highest BCUT2D eigenvalue weighted by molar-refractivity contribution is 6.90. The summed E-state index contributed by atoms with van der Waals surface area (Å²) in [7, 11) is -0.251. The van der Waals surface area contributed by atoms with E-state index in [0.29, 0.717) is 23.2 Å². The molecule has 5 aromatic rings. The maximum absolute atomic E-state index is 6.28. The van der Waals surface area contributed by atoms with Gasteiger partial charge in [-0.15, -0.1) is 10.6 Å². The second-order valence-corrected chi connectivity index (χ2v) is 23.1. The molecule has 54 heavy (non-hydrogen) atoms. The number of aromatic nitrogens is 7. The molecule has 0 spiro atoms. The lowest BCUT2D eigenvalue weighted by molar-refractivity contribution is 0.409. The number of hydrogen-bond acceptors (Lipinski definition) is 5. The van der Waals surface area contributed by atoms with Crippen LogP contribution in [-0.2, 0) is 30.2 Å². The molecule has 0 saturated carbocycles. The van der Waals surface area contributed by atoms with Crippen molar-refractivity contribution in [3.63, 3.8) is 0 Å². The number of rotatable bonds is 7. The Balaban J connectivity index is 1.49. The maximum atomic E-state index is 6.28. The van der Waals surface area contributed by atoms with E-state index in [4.69, 9.17) is 14.7 Å². The Morgan fingerprint density at radius 3 is 2.13 bits per heavy atom. The van der Waals surface area contributed by atoms with Crippen LogP contribution in [0.25, 0.3) is 33.3 Å². The average molecular weight is 738 g/mol. The first-order valence-corrected chi connectivity index (χ1v) is 21.6. The van der Waals surface area contributed by atoms with E-state index in [0.717, 1.165) is 80.3 Å². The fourth-order valence-electron chi connectivity index (χ4n) is 8.83. The lowest BCUT2D eigenvalue weighted by Crippen LogP contribution is -2.43. The number of methoxy groups -OCH3 is 1. The molecule has 0 aliphatic carbocycles. The summed E-state index contributed by atoms with van der Waals surface area (Å²) in [6.07, 6.45) is 3.55. The highest BCUT2D eigenvalue weighted by atomic mass is 28.3. The van der Waals surface area contributed by atoms with Gasteiger partial charge in [0.25, 0.3) is 0 Å². The molecule has 0 saturated heterocycles. The molecule has 280 valence electrons. The van der Waals surface area contributed by atoms with Crippen LogP contribution in [0, 0.1) is 11.5 Å². The van der Waals surface area contributed by atoms with Gasteiger partial charge in [-0.2, -0.15) is 0 Å². The molecule has 9 heteroatoms. The van der Waals surface area contributed by atoms with Crippen LogP contribution in [-0.4, -0.2) is 50.1 Å². The highest BCUT2D eigenvalue weighted by Gasteiger charge is 2.42. The molecule has 8 bridgehead atoms. The van der Waals surface area contributed by atoms with Crippen LogP contribution in [0.15, 0.2) is 66.9 Å². The third-order valence-electron chi connectivity index (χ3n) is 11.7. The molecular formula is C45H55N7OSi. The van der Waals surface area contributed by atoms with Crippen LogP contribution in [0.3, 0.4) is 0 Å². The second kappa shape index (κ2) is 14.0. The Labute approximate surface area is 321 Å². The van der Waals surface area contributed by atoms with Crippen molar-refractivity contribution in [3.05, 3.63) is 101 Å². The van der Waals surface area contributed by atoms with E-state index in [1.165, 1.54) is 5.56 Å². The molecule has 0 radical (unpaired) electrons. The minimum atomic E-state index is -2.00. The topological polar surface area (TPSA) is 97.3 Å². The molecule has 0 amide bonds. The summed E-state index contributed by atoms with van der Waals surface area (Å²) in [6, 6.07) is 21.2. The van der Waals surface area contributed by atoms with E-state index in [-0.39, 0.29) is 10.8 Å². The Morgan fingerprint density at radius 2 is 1.46 bits per heavy atom. The van der Waals surface area contributed by atoms with Crippen LogP contribution in [0.2, 0.25) is 16.6 Å². The Hall–Kier alpha value is -4.94. The Morgan fingerprint density at radius 1 is 0.815 bits per heavy atom. The van der Waals surface area contributed by atoms with Crippen molar-refractivity contribution in [1.82, 2.24) is 34.9 Å². The number of aromatic amines is 2. The molecule has 1 aromatic carbocycles. The molecule has 0 unspecified atom stereocenters. The summed E-state index contributed by atoms with van der Waals surface area (Å²) in [5, 5.41) is 9.14. The van der Waals surface area contributed by atoms with E-state index in [1.54, 1.807) is 7.11 Å². The zero-order valence-corrected chi connectivity index (χ0v) is 34.8. The lowest BCUT2D eigenvalue weighted by atomic mass is 9.87. The van der Waals surface area contributed by atoms with Crippen molar-refractivity contribution in [2.45, 2.75) is 116 Å². The van der Waals surface area contributed by atoms with Gasteiger partial charge in [0.2, 0.25) is 0 Å². The number of benzene rings is 1. The summed E-state index contributed by atoms with van der Waals surface area (Å²) in [5.74, 6) is 4.49. The largest absolute Gasteiger partial charge is 0.493 e. The maximum Gasteiger partial charge on any atom is 0.165 e. The molecule has 4 aromatic heterocycles. The quantitative estimate of drug-likeness (QED) is 0.128. The summed E-state index contributed by atoms with van der Waals surface area (Å²) >= 11 is 0. The number of fused-ring (bicyclic) bond motifs is 8. The monoisotopic (exact) mass is 737 g/mol. The number of H-pyrrole nitrogens is 2. The first-order valence-electron chi connectivity index (χ1n) is 19.4. The van der Waals surface area contributed by atoms with Crippen molar-refractivity contribution in [2.24, 2.45) is 0 Å². The van der Waals surface area contributed by atoms with E-state index < -0.39 is 8.07 Å². The van der Waals surface area contributed by atoms with Gasteiger partial charge in [-0.3, -0.25) is 9.97 Å². The first-order chi connectivity index (χ1) is 25.6. The van der Waals surface area contributed by atoms with Crippen LogP contribution in [0.5, 0.6) is 5.75 Å². The zero-order valence-electron chi connectivity index (χ0n) is 33.8. The predicted molar refractivity (Wildman–Crippen MR) is 223 cm³/mol. The molecule has 6 heterocycles. The number of nitrogens with one attached hydrogen (secondary N) is 2. The normalized spacial score (nSPS) is 15.1. The number of ether oxygens (including phenoxy) is 1. The van der Waals surface area contributed by atoms with E-state index >= 15 is 0 Å². The van der Waals surface area contributed by atoms with Crippen LogP contribution in [0.1, 0.15) is 103 Å². The van der Waals surface area contributed by atoms with Crippen LogP contribution < -0.4 is 4.74 Å². The fraction of sp³-hybridized carbons (Fsp3) is 0.422. The predicted octanol–water partition coefficient (Wildman–Crippen LogP) is 10.2. The molecule has 7 rings (SSSR count). The van der Waals surface area contributed by atoms with Gasteiger partial charge in [0, 0.05) is 62.9 Å².